The van der Waals surface area contributed by atoms with Gasteiger partial charge in [-0.25, -0.2) is 4.98 Å². The van der Waals surface area contributed by atoms with Gasteiger partial charge in [0.15, 0.2) is 5.16 Å². The van der Waals surface area contributed by atoms with Crippen molar-refractivity contribution in [3.63, 3.8) is 0 Å². The lowest BCUT2D eigenvalue weighted by Gasteiger charge is -2.13. The Bertz CT molecular complexity index is 928. The summed E-state index contributed by atoms with van der Waals surface area (Å²) < 4.78 is 6.78. The molecular formula is C22H29N3O3S2. The molecule has 6 nitrogen and oxygen atoms in total. The van der Waals surface area contributed by atoms with E-state index in [-0.39, 0.29) is 17.2 Å². The van der Waals surface area contributed by atoms with Gasteiger partial charge in [-0.2, -0.15) is 0 Å². The summed E-state index contributed by atoms with van der Waals surface area (Å²) in [5.41, 5.74) is 2.87. The number of nitrogens with zero attached hydrogens (tertiary/aromatic N) is 2. The van der Waals surface area contributed by atoms with Crippen molar-refractivity contribution in [1.29, 1.82) is 0 Å². The van der Waals surface area contributed by atoms with E-state index in [9.17, 15) is 9.59 Å². The second kappa shape index (κ2) is 11.0. The van der Waals surface area contributed by atoms with Crippen molar-refractivity contribution in [1.82, 2.24) is 9.55 Å². The minimum absolute atomic E-state index is 0.0306. The molecule has 2 aromatic rings. The molecule has 162 valence electrons. The van der Waals surface area contributed by atoms with Crippen LogP contribution in [0, 0.1) is 0 Å². The number of unbranched alkanes of at least 4 members (excludes halogenated alkanes) is 1. The Morgan fingerprint density at radius 3 is 2.83 bits per heavy atom. The Kier molecular flexibility index (Phi) is 8.41. The third kappa shape index (κ3) is 5.89. The highest BCUT2D eigenvalue weighted by molar-refractivity contribution is 8.00. The number of anilines is 1. The number of ether oxygens (including phenoxy) is 1. The number of carbonyl (C=O) groups excluding carboxylic acids is 1. The van der Waals surface area contributed by atoms with Crippen LogP contribution in [0.2, 0.25) is 0 Å². The van der Waals surface area contributed by atoms with E-state index < -0.39 is 0 Å². The van der Waals surface area contributed by atoms with Crippen molar-refractivity contribution >= 4 is 35.1 Å². The van der Waals surface area contributed by atoms with Crippen molar-refractivity contribution in [3.05, 3.63) is 45.9 Å². The van der Waals surface area contributed by atoms with Gasteiger partial charge in [0.1, 0.15) is 0 Å². The topological polar surface area (TPSA) is 73.2 Å². The van der Waals surface area contributed by atoms with Crippen LogP contribution in [0.4, 0.5) is 5.69 Å². The van der Waals surface area contributed by atoms with Gasteiger partial charge in [-0.05, 0) is 30.5 Å². The van der Waals surface area contributed by atoms with Crippen LogP contribution in [-0.4, -0.2) is 40.2 Å². The molecular weight excluding hydrogens is 418 g/mol. The van der Waals surface area contributed by atoms with Gasteiger partial charge in [0, 0.05) is 24.5 Å². The molecule has 1 atom stereocenters. The van der Waals surface area contributed by atoms with Crippen LogP contribution in [0.5, 0.6) is 0 Å². The number of nitrogens with one attached hydrogen (secondary N) is 1. The minimum atomic E-state index is -0.114. The molecule has 1 aromatic carbocycles. The summed E-state index contributed by atoms with van der Waals surface area (Å²) in [4.78, 5) is 30.8. The smallest absolute Gasteiger partial charge is 0.268 e. The molecule has 1 aliphatic heterocycles. The lowest BCUT2D eigenvalue weighted by Crippen LogP contribution is -2.27. The van der Waals surface area contributed by atoms with Crippen molar-refractivity contribution in [2.45, 2.75) is 61.4 Å². The van der Waals surface area contributed by atoms with Crippen LogP contribution in [0.25, 0.3) is 0 Å². The summed E-state index contributed by atoms with van der Waals surface area (Å²) in [6.07, 6.45) is 4.17. The van der Waals surface area contributed by atoms with Gasteiger partial charge < -0.3 is 10.1 Å². The molecule has 1 unspecified atom stereocenters. The molecule has 0 fully saturated rings. The highest BCUT2D eigenvalue weighted by atomic mass is 32.2. The molecule has 0 bridgehead atoms. The van der Waals surface area contributed by atoms with E-state index >= 15 is 0 Å². The van der Waals surface area contributed by atoms with Crippen LogP contribution in [0.1, 0.15) is 37.9 Å². The first-order valence-electron chi connectivity index (χ1n) is 10.3. The lowest BCUT2D eigenvalue weighted by atomic mass is 10.1. The molecule has 0 saturated heterocycles. The fraction of sp³-hybridized carbons (Fsp3) is 0.500. The number of fused-ring (bicyclic) bond motifs is 1. The van der Waals surface area contributed by atoms with Crippen LogP contribution in [0.15, 0.2) is 39.1 Å². The number of benzene rings is 1. The number of thioether (sulfide) groups is 2. The number of hydrogen-bond acceptors (Lipinski definition) is 6. The van der Waals surface area contributed by atoms with Crippen molar-refractivity contribution in [2.75, 3.05) is 24.8 Å². The van der Waals surface area contributed by atoms with Gasteiger partial charge in [0.25, 0.3) is 5.56 Å². The van der Waals surface area contributed by atoms with Gasteiger partial charge >= 0.3 is 0 Å². The molecule has 0 spiro atoms. The quantitative estimate of drug-likeness (QED) is 0.438. The summed E-state index contributed by atoms with van der Waals surface area (Å²) in [5.74, 6) is 0.0791. The number of carbonyl (C=O) groups is 1. The third-order valence-electron chi connectivity index (χ3n) is 4.87. The van der Waals surface area contributed by atoms with Gasteiger partial charge in [0.2, 0.25) is 5.91 Å². The largest absolute Gasteiger partial charge is 0.383 e. The molecule has 2 heterocycles. The molecule has 0 aliphatic carbocycles. The predicted octanol–water partition coefficient (Wildman–Crippen LogP) is 4.00. The molecule has 0 radical (unpaired) electrons. The Hall–Kier alpha value is -1.77. The fourth-order valence-corrected chi connectivity index (χ4v) is 5.24. The van der Waals surface area contributed by atoms with E-state index in [1.54, 1.807) is 23.4 Å². The molecule has 30 heavy (non-hydrogen) atoms. The molecule has 1 amide bonds. The SMILES string of the molecule is CCCCc1ccc(NC(=O)CSc2nc3c(c(=O)n2CCOC)SC(C)C3)cc1. The second-order valence-corrected chi connectivity index (χ2v) is 9.78. The highest BCUT2D eigenvalue weighted by Crippen LogP contribution is 2.34. The van der Waals surface area contributed by atoms with Crippen LogP contribution < -0.4 is 10.9 Å². The van der Waals surface area contributed by atoms with Crippen molar-refractivity contribution < 1.29 is 9.53 Å². The van der Waals surface area contributed by atoms with Crippen molar-refractivity contribution in [2.24, 2.45) is 0 Å². The van der Waals surface area contributed by atoms with E-state index in [1.165, 1.54) is 23.7 Å². The zero-order valence-electron chi connectivity index (χ0n) is 17.8. The Morgan fingerprint density at radius 2 is 2.13 bits per heavy atom. The number of methoxy groups -OCH3 is 1. The maximum absolute atomic E-state index is 12.9. The first-order valence-corrected chi connectivity index (χ1v) is 12.2. The summed E-state index contributed by atoms with van der Waals surface area (Å²) in [5, 5.41) is 3.85. The molecule has 3 rings (SSSR count). The standard InChI is InChI=1S/C22H29N3O3S2/c1-4-5-6-16-7-9-17(10-8-16)23-19(26)14-29-22-24-18-13-15(2)30-20(18)21(27)25(22)11-12-28-3/h7-10,15H,4-6,11-14H2,1-3H3,(H,23,26). The maximum atomic E-state index is 12.9. The maximum Gasteiger partial charge on any atom is 0.268 e. The fourth-order valence-electron chi connectivity index (χ4n) is 3.28. The predicted molar refractivity (Wildman–Crippen MR) is 124 cm³/mol. The summed E-state index contributed by atoms with van der Waals surface area (Å²) >= 11 is 2.88. The van der Waals surface area contributed by atoms with E-state index in [0.29, 0.717) is 23.6 Å². The molecule has 1 aromatic heterocycles. The number of hydrogen-bond donors (Lipinski definition) is 1. The van der Waals surface area contributed by atoms with Gasteiger partial charge in [-0.1, -0.05) is 44.2 Å². The monoisotopic (exact) mass is 447 g/mol. The minimum Gasteiger partial charge on any atom is -0.383 e. The average molecular weight is 448 g/mol. The summed E-state index contributed by atoms with van der Waals surface area (Å²) in [6, 6.07) is 7.99. The van der Waals surface area contributed by atoms with E-state index in [2.05, 4.69) is 31.3 Å². The third-order valence-corrected chi connectivity index (χ3v) is 7.06. The van der Waals surface area contributed by atoms with E-state index in [1.807, 2.05) is 12.1 Å². The van der Waals surface area contributed by atoms with Crippen LogP contribution >= 0.6 is 23.5 Å². The zero-order chi connectivity index (χ0) is 21.5. The van der Waals surface area contributed by atoms with Crippen molar-refractivity contribution in [3.8, 4) is 0 Å². The van der Waals surface area contributed by atoms with Gasteiger partial charge in [-0.15, -0.1) is 11.8 Å². The first kappa shape index (κ1) is 22.9. The molecule has 1 N–H and O–H groups in total. The normalized spacial score (nSPS) is 15.2. The Labute approximate surface area is 186 Å². The zero-order valence-corrected chi connectivity index (χ0v) is 19.4. The highest BCUT2D eigenvalue weighted by Gasteiger charge is 2.26. The van der Waals surface area contributed by atoms with E-state index in [4.69, 9.17) is 9.72 Å². The second-order valence-electron chi connectivity index (χ2n) is 7.39. The number of aryl methyl sites for hydroxylation is 1. The number of aromatic nitrogens is 2. The molecule has 8 heteroatoms. The van der Waals surface area contributed by atoms with Gasteiger partial charge in [0.05, 0.1) is 29.5 Å². The Morgan fingerprint density at radius 1 is 1.37 bits per heavy atom. The van der Waals surface area contributed by atoms with E-state index in [0.717, 1.165) is 35.5 Å². The summed E-state index contributed by atoms with van der Waals surface area (Å²) in [7, 11) is 1.61. The summed E-state index contributed by atoms with van der Waals surface area (Å²) in [6.45, 7) is 5.12. The number of amides is 1. The Balaban J connectivity index is 1.66. The van der Waals surface area contributed by atoms with Gasteiger partial charge in [-0.3, -0.25) is 14.2 Å². The average Bonchev–Trinajstić information content (AvgIpc) is 3.12. The lowest BCUT2D eigenvalue weighted by molar-refractivity contribution is -0.113. The first-order chi connectivity index (χ1) is 14.5. The molecule has 0 saturated carbocycles. The van der Waals surface area contributed by atoms with Crippen LogP contribution in [0.3, 0.4) is 0 Å². The molecule has 1 aliphatic rings. The number of rotatable bonds is 10. The van der Waals surface area contributed by atoms with Crippen LogP contribution in [-0.2, 0) is 28.9 Å².